The first-order valence-electron chi connectivity index (χ1n) is 10.1. The molecule has 1 atom stereocenters. The number of rotatable bonds is 8. The Balaban J connectivity index is 1.93. The molecule has 31 heavy (non-hydrogen) atoms. The second-order valence-electron chi connectivity index (χ2n) is 7.17. The molecule has 1 aliphatic rings. The summed E-state index contributed by atoms with van der Waals surface area (Å²) in [5.41, 5.74) is 0.904. The van der Waals surface area contributed by atoms with E-state index in [4.69, 9.17) is 4.74 Å². The zero-order valence-corrected chi connectivity index (χ0v) is 17.6. The molecule has 0 fully saturated rings. The predicted octanol–water partition coefficient (Wildman–Crippen LogP) is 3.53. The summed E-state index contributed by atoms with van der Waals surface area (Å²) in [6.07, 6.45) is 0.394. The summed E-state index contributed by atoms with van der Waals surface area (Å²) < 4.78 is 33.9. The topological polar surface area (TPSA) is 62.2 Å². The van der Waals surface area contributed by atoms with E-state index < -0.39 is 23.6 Å². The summed E-state index contributed by atoms with van der Waals surface area (Å²) >= 11 is 0. The van der Waals surface area contributed by atoms with E-state index in [9.17, 15) is 18.4 Å². The first-order valence-corrected chi connectivity index (χ1v) is 10.1. The Labute approximate surface area is 180 Å². The average molecular weight is 429 g/mol. The lowest BCUT2D eigenvalue weighted by Crippen LogP contribution is -2.42. The molecule has 2 aromatic carbocycles. The van der Waals surface area contributed by atoms with Crippen LogP contribution in [-0.4, -0.2) is 54.2 Å². The number of benzene rings is 2. The predicted molar refractivity (Wildman–Crippen MR) is 112 cm³/mol. The van der Waals surface area contributed by atoms with Gasteiger partial charge in [-0.15, -0.1) is 0 Å². The molecule has 0 bridgehead atoms. The van der Waals surface area contributed by atoms with E-state index in [0.29, 0.717) is 5.71 Å². The standard InChI is InChI=1S/C23H25F2N3O3/c1-3-22(29)27(12-13-31-2)15-23(30)28-21(17-9-5-7-11-19(17)25)14-20(26-28)16-8-4-6-10-18(16)24/h4-11,21H,3,12-15H2,1-2H3/t21-/m1/s1. The summed E-state index contributed by atoms with van der Waals surface area (Å²) in [7, 11) is 1.51. The molecule has 1 heterocycles. The van der Waals surface area contributed by atoms with Crippen LogP contribution in [-0.2, 0) is 14.3 Å². The van der Waals surface area contributed by atoms with E-state index in [1.165, 1.54) is 29.2 Å². The molecule has 0 saturated heterocycles. The summed E-state index contributed by atoms with van der Waals surface area (Å²) in [4.78, 5) is 26.8. The van der Waals surface area contributed by atoms with Crippen LogP contribution >= 0.6 is 0 Å². The van der Waals surface area contributed by atoms with Crippen molar-refractivity contribution in [2.45, 2.75) is 25.8 Å². The van der Waals surface area contributed by atoms with Gasteiger partial charge in [0.2, 0.25) is 5.91 Å². The third-order valence-corrected chi connectivity index (χ3v) is 5.16. The Kier molecular flexibility index (Phi) is 7.46. The molecule has 6 nitrogen and oxygen atoms in total. The molecule has 164 valence electrons. The van der Waals surface area contributed by atoms with Gasteiger partial charge in [0, 0.05) is 37.6 Å². The van der Waals surface area contributed by atoms with Gasteiger partial charge in [0.25, 0.3) is 5.91 Å². The fraction of sp³-hybridized carbons (Fsp3) is 0.348. The van der Waals surface area contributed by atoms with Crippen molar-refractivity contribution in [1.82, 2.24) is 9.91 Å². The van der Waals surface area contributed by atoms with Gasteiger partial charge in [-0.05, 0) is 12.1 Å². The van der Waals surface area contributed by atoms with Gasteiger partial charge in [0.15, 0.2) is 0 Å². The van der Waals surface area contributed by atoms with Gasteiger partial charge >= 0.3 is 0 Å². The summed E-state index contributed by atoms with van der Waals surface area (Å²) in [6, 6.07) is 11.5. The van der Waals surface area contributed by atoms with E-state index in [2.05, 4.69) is 5.10 Å². The highest BCUT2D eigenvalue weighted by Gasteiger charge is 2.36. The SMILES string of the molecule is CCC(=O)N(CCOC)CC(=O)N1N=C(c2ccccc2F)C[C@@H]1c1ccccc1F. The zero-order valence-electron chi connectivity index (χ0n) is 17.6. The lowest BCUT2D eigenvalue weighted by molar-refractivity contribution is -0.142. The Hall–Kier alpha value is -3.13. The Morgan fingerprint density at radius 2 is 1.81 bits per heavy atom. The van der Waals surface area contributed by atoms with Gasteiger partial charge in [-0.3, -0.25) is 9.59 Å². The maximum Gasteiger partial charge on any atom is 0.262 e. The minimum atomic E-state index is -0.732. The summed E-state index contributed by atoms with van der Waals surface area (Å²) in [5.74, 6) is -1.62. The van der Waals surface area contributed by atoms with Crippen LogP contribution in [0.3, 0.4) is 0 Å². The first kappa shape index (κ1) is 22.6. The number of hydrogen-bond donors (Lipinski definition) is 0. The quantitative estimate of drug-likeness (QED) is 0.645. The molecule has 0 spiro atoms. The largest absolute Gasteiger partial charge is 0.383 e. The van der Waals surface area contributed by atoms with Crippen LogP contribution in [0, 0.1) is 11.6 Å². The first-order chi connectivity index (χ1) is 15.0. The van der Waals surface area contributed by atoms with Crippen molar-refractivity contribution in [1.29, 1.82) is 0 Å². The van der Waals surface area contributed by atoms with Crippen molar-refractivity contribution >= 4 is 17.5 Å². The number of methoxy groups -OCH3 is 1. The van der Waals surface area contributed by atoms with Crippen LogP contribution in [0.5, 0.6) is 0 Å². The van der Waals surface area contributed by atoms with E-state index in [0.717, 1.165) is 0 Å². The number of ether oxygens (including phenoxy) is 1. The van der Waals surface area contributed by atoms with Gasteiger partial charge < -0.3 is 9.64 Å². The molecule has 3 rings (SSSR count). The minimum Gasteiger partial charge on any atom is -0.383 e. The van der Waals surface area contributed by atoms with Crippen LogP contribution < -0.4 is 0 Å². The average Bonchev–Trinajstić information content (AvgIpc) is 3.21. The molecule has 0 aliphatic carbocycles. The van der Waals surface area contributed by atoms with E-state index in [1.807, 2.05) is 0 Å². The minimum absolute atomic E-state index is 0.160. The second-order valence-corrected chi connectivity index (χ2v) is 7.17. The van der Waals surface area contributed by atoms with Gasteiger partial charge in [-0.25, -0.2) is 13.8 Å². The molecule has 2 aromatic rings. The number of amides is 2. The molecule has 0 unspecified atom stereocenters. The van der Waals surface area contributed by atoms with Crippen molar-refractivity contribution in [3.63, 3.8) is 0 Å². The van der Waals surface area contributed by atoms with Crippen molar-refractivity contribution in [2.75, 3.05) is 26.8 Å². The van der Waals surface area contributed by atoms with Crippen LogP contribution in [0.1, 0.15) is 36.9 Å². The smallest absolute Gasteiger partial charge is 0.262 e. The second kappa shape index (κ2) is 10.3. The Bertz CT molecular complexity index is 980. The van der Waals surface area contributed by atoms with Crippen molar-refractivity contribution in [3.8, 4) is 0 Å². The van der Waals surface area contributed by atoms with Gasteiger partial charge in [0.1, 0.15) is 18.2 Å². The highest BCUT2D eigenvalue weighted by Crippen LogP contribution is 2.34. The molecule has 8 heteroatoms. The summed E-state index contributed by atoms with van der Waals surface area (Å²) in [6.45, 7) is 2.00. The Morgan fingerprint density at radius 3 is 2.45 bits per heavy atom. The number of nitrogens with zero attached hydrogens (tertiary/aromatic N) is 3. The summed E-state index contributed by atoms with van der Waals surface area (Å²) in [5, 5.41) is 5.53. The van der Waals surface area contributed by atoms with E-state index in [1.54, 1.807) is 43.3 Å². The van der Waals surface area contributed by atoms with E-state index in [-0.39, 0.29) is 49.6 Å². The number of hydrazone groups is 1. The van der Waals surface area contributed by atoms with Crippen LogP contribution in [0.2, 0.25) is 0 Å². The van der Waals surface area contributed by atoms with Crippen LogP contribution in [0.25, 0.3) is 0 Å². The zero-order chi connectivity index (χ0) is 22.4. The van der Waals surface area contributed by atoms with Crippen molar-refractivity contribution < 1.29 is 23.1 Å². The highest BCUT2D eigenvalue weighted by atomic mass is 19.1. The van der Waals surface area contributed by atoms with Crippen molar-refractivity contribution in [2.24, 2.45) is 5.10 Å². The lowest BCUT2D eigenvalue weighted by Gasteiger charge is -2.27. The van der Waals surface area contributed by atoms with Gasteiger partial charge in [-0.1, -0.05) is 43.3 Å². The molecule has 0 radical (unpaired) electrons. The lowest BCUT2D eigenvalue weighted by atomic mass is 9.97. The number of carbonyl (C=O) groups excluding carboxylic acids is 2. The van der Waals surface area contributed by atoms with Gasteiger partial charge in [0.05, 0.1) is 18.4 Å². The van der Waals surface area contributed by atoms with E-state index >= 15 is 0 Å². The molecule has 2 amide bonds. The maximum absolute atomic E-state index is 14.6. The normalized spacial score (nSPS) is 15.7. The van der Waals surface area contributed by atoms with Crippen LogP contribution in [0.4, 0.5) is 8.78 Å². The third-order valence-electron chi connectivity index (χ3n) is 5.16. The van der Waals surface area contributed by atoms with Gasteiger partial charge in [-0.2, -0.15) is 5.10 Å². The number of hydrogen-bond acceptors (Lipinski definition) is 4. The molecular weight excluding hydrogens is 404 g/mol. The third kappa shape index (κ3) is 5.14. The van der Waals surface area contributed by atoms with Crippen molar-refractivity contribution in [3.05, 3.63) is 71.3 Å². The Morgan fingerprint density at radius 1 is 1.13 bits per heavy atom. The van der Waals surface area contributed by atoms with Crippen LogP contribution in [0.15, 0.2) is 53.6 Å². The monoisotopic (exact) mass is 429 g/mol. The molecular formula is C23H25F2N3O3. The molecule has 0 N–H and O–H groups in total. The fourth-order valence-corrected chi connectivity index (χ4v) is 3.54. The highest BCUT2D eigenvalue weighted by molar-refractivity contribution is 6.03. The number of halogens is 2. The molecule has 0 aromatic heterocycles. The molecule has 1 aliphatic heterocycles. The maximum atomic E-state index is 14.6. The fourth-order valence-electron chi connectivity index (χ4n) is 3.54. The number of carbonyl (C=O) groups is 2. The molecule has 0 saturated carbocycles.